The van der Waals surface area contributed by atoms with Gasteiger partial charge in [-0.25, -0.2) is 0 Å². The number of nitriles is 1. The minimum atomic E-state index is 0.426. The van der Waals surface area contributed by atoms with Crippen LogP contribution in [-0.4, -0.2) is 4.57 Å². The van der Waals surface area contributed by atoms with Crippen LogP contribution in [0, 0.1) is 32.1 Å². The van der Waals surface area contributed by atoms with Crippen molar-refractivity contribution in [3.05, 3.63) is 85.6 Å². The topological polar surface area (TPSA) is 28.7 Å². The molecule has 27 heavy (non-hydrogen) atoms. The van der Waals surface area contributed by atoms with Gasteiger partial charge in [0.15, 0.2) is 0 Å². The van der Waals surface area contributed by atoms with E-state index in [9.17, 15) is 5.26 Å². The Morgan fingerprint density at radius 2 is 1.67 bits per heavy atom. The Morgan fingerprint density at radius 1 is 0.926 bits per heavy atom. The second-order valence-electron chi connectivity index (χ2n) is 6.39. The van der Waals surface area contributed by atoms with E-state index < -0.39 is 0 Å². The fourth-order valence-electron chi connectivity index (χ4n) is 3.05. The monoisotopic (exact) mass is 414 g/mol. The van der Waals surface area contributed by atoms with Crippen LogP contribution in [-0.2, 0) is 0 Å². The molecule has 0 amide bonds. The van der Waals surface area contributed by atoms with E-state index in [0.29, 0.717) is 15.6 Å². The Hall–Kier alpha value is -2.18. The van der Waals surface area contributed by atoms with Crippen molar-refractivity contribution in [2.75, 3.05) is 0 Å². The lowest BCUT2D eigenvalue weighted by molar-refractivity contribution is 0.963. The second kappa shape index (κ2) is 7.82. The molecule has 0 radical (unpaired) electrons. The molecular formula is C22H17Cl3N2. The third kappa shape index (κ3) is 3.92. The van der Waals surface area contributed by atoms with E-state index in [0.717, 1.165) is 38.8 Å². The van der Waals surface area contributed by atoms with Crippen LogP contribution in [0.4, 0.5) is 0 Å². The van der Waals surface area contributed by atoms with Crippen LogP contribution in [0.3, 0.4) is 0 Å². The highest BCUT2D eigenvalue weighted by molar-refractivity contribution is 6.42. The largest absolute Gasteiger partial charge is 0.318 e. The molecule has 0 aliphatic rings. The van der Waals surface area contributed by atoms with E-state index >= 15 is 0 Å². The fraction of sp³-hybridized carbons (Fsp3) is 0.136. The van der Waals surface area contributed by atoms with Gasteiger partial charge in [-0.3, -0.25) is 0 Å². The summed E-state index contributed by atoms with van der Waals surface area (Å²) in [6, 6.07) is 15.5. The number of allylic oxidation sites excluding steroid dienone is 1. The van der Waals surface area contributed by atoms with E-state index in [4.69, 9.17) is 34.8 Å². The average molecular weight is 416 g/mol. The van der Waals surface area contributed by atoms with Gasteiger partial charge < -0.3 is 4.57 Å². The standard InChI is InChI=1S/C22H17Cl3N2/c1-13-4-6-19(11-21(13)24)27-14(2)8-17(15(27)3)9-18(12-26)16-5-7-20(23)22(25)10-16/h4-11H,1-3H3/b18-9-. The van der Waals surface area contributed by atoms with Crippen molar-refractivity contribution in [2.24, 2.45) is 0 Å². The molecular weight excluding hydrogens is 399 g/mol. The van der Waals surface area contributed by atoms with Crippen LogP contribution in [0.25, 0.3) is 17.3 Å². The number of hydrogen-bond donors (Lipinski definition) is 0. The lowest BCUT2D eigenvalue weighted by Gasteiger charge is -2.11. The van der Waals surface area contributed by atoms with Gasteiger partial charge in [-0.15, -0.1) is 0 Å². The summed E-state index contributed by atoms with van der Waals surface area (Å²) >= 11 is 18.4. The van der Waals surface area contributed by atoms with Crippen molar-refractivity contribution in [3.63, 3.8) is 0 Å². The third-order valence-electron chi connectivity index (χ3n) is 4.53. The predicted octanol–water partition coefficient (Wildman–Crippen LogP) is 7.43. The molecule has 0 fully saturated rings. The average Bonchev–Trinajstić information content (AvgIpc) is 2.91. The molecule has 1 heterocycles. The van der Waals surface area contributed by atoms with Gasteiger partial charge in [-0.1, -0.05) is 46.9 Å². The summed E-state index contributed by atoms with van der Waals surface area (Å²) < 4.78 is 2.13. The summed E-state index contributed by atoms with van der Waals surface area (Å²) in [5.41, 5.74) is 6.34. The number of halogens is 3. The highest BCUT2D eigenvalue weighted by Gasteiger charge is 2.12. The van der Waals surface area contributed by atoms with E-state index in [1.807, 2.05) is 45.0 Å². The molecule has 0 saturated heterocycles. The maximum Gasteiger partial charge on any atom is 0.0998 e. The molecule has 2 aromatic carbocycles. The van der Waals surface area contributed by atoms with Crippen molar-refractivity contribution in [2.45, 2.75) is 20.8 Å². The molecule has 3 aromatic rings. The number of benzene rings is 2. The molecule has 0 aliphatic heterocycles. The SMILES string of the molecule is Cc1ccc(-n2c(C)cc(/C=C(/C#N)c3ccc(Cl)c(Cl)c3)c2C)cc1Cl. The normalized spacial score (nSPS) is 11.5. The minimum Gasteiger partial charge on any atom is -0.318 e. The first-order valence-electron chi connectivity index (χ1n) is 8.34. The van der Waals surface area contributed by atoms with Crippen molar-refractivity contribution in [1.29, 1.82) is 5.26 Å². The lowest BCUT2D eigenvalue weighted by Crippen LogP contribution is -1.99. The summed E-state index contributed by atoms with van der Waals surface area (Å²) in [6.07, 6.45) is 1.87. The highest BCUT2D eigenvalue weighted by atomic mass is 35.5. The Morgan fingerprint density at radius 3 is 2.30 bits per heavy atom. The maximum atomic E-state index is 9.63. The summed E-state index contributed by atoms with van der Waals surface area (Å²) in [7, 11) is 0. The molecule has 0 aliphatic carbocycles. The smallest absolute Gasteiger partial charge is 0.0998 e. The van der Waals surface area contributed by atoms with E-state index in [1.165, 1.54) is 0 Å². The van der Waals surface area contributed by atoms with E-state index in [-0.39, 0.29) is 0 Å². The Balaban J connectivity index is 2.09. The van der Waals surface area contributed by atoms with Crippen LogP contribution in [0.1, 0.15) is 28.1 Å². The van der Waals surface area contributed by atoms with Gasteiger partial charge in [0.2, 0.25) is 0 Å². The summed E-state index contributed by atoms with van der Waals surface area (Å²) in [6.45, 7) is 6.03. The molecule has 0 saturated carbocycles. The van der Waals surface area contributed by atoms with Gasteiger partial charge in [0.05, 0.1) is 21.7 Å². The van der Waals surface area contributed by atoms with Gasteiger partial charge in [0.1, 0.15) is 0 Å². The number of aromatic nitrogens is 1. The summed E-state index contributed by atoms with van der Waals surface area (Å²) in [5, 5.41) is 11.3. The van der Waals surface area contributed by atoms with Crippen LogP contribution >= 0.6 is 34.8 Å². The van der Waals surface area contributed by atoms with Gasteiger partial charge in [0, 0.05) is 22.1 Å². The molecule has 0 N–H and O–H groups in total. The molecule has 0 spiro atoms. The van der Waals surface area contributed by atoms with Crippen molar-refractivity contribution >= 4 is 46.5 Å². The summed E-state index contributed by atoms with van der Waals surface area (Å²) in [5.74, 6) is 0. The highest BCUT2D eigenvalue weighted by Crippen LogP contribution is 2.30. The van der Waals surface area contributed by atoms with Gasteiger partial charge >= 0.3 is 0 Å². The van der Waals surface area contributed by atoms with Crippen molar-refractivity contribution in [1.82, 2.24) is 4.57 Å². The Labute approximate surface area is 174 Å². The molecule has 1 aromatic heterocycles. The zero-order valence-corrected chi connectivity index (χ0v) is 17.4. The number of aryl methyl sites for hydroxylation is 2. The van der Waals surface area contributed by atoms with Crippen LogP contribution in [0.15, 0.2) is 42.5 Å². The van der Waals surface area contributed by atoms with Gasteiger partial charge in [-0.2, -0.15) is 5.26 Å². The van der Waals surface area contributed by atoms with Crippen LogP contribution in [0.2, 0.25) is 15.1 Å². The first kappa shape index (κ1) is 19.6. The molecule has 2 nitrogen and oxygen atoms in total. The maximum absolute atomic E-state index is 9.63. The quantitative estimate of drug-likeness (QED) is 0.409. The zero-order chi connectivity index (χ0) is 19.7. The minimum absolute atomic E-state index is 0.426. The molecule has 0 unspecified atom stereocenters. The second-order valence-corrected chi connectivity index (χ2v) is 7.62. The van der Waals surface area contributed by atoms with Gasteiger partial charge in [0.25, 0.3) is 0 Å². The zero-order valence-electron chi connectivity index (χ0n) is 15.1. The molecule has 0 atom stereocenters. The number of rotatable bonds is 3. The predicted molar refractivity (Wildman–Crippen MR) is 115 cm³/mol. The van der Waals surface area contributed by atoms with Crippen LogP contribution in [0.5, 0.6) is 0 Å². The van der Waals surface area contributed by atoms with Crippen LogP contribution < -0.4 is 0 Å². The first-order valence-corrected chi connectivity index (χ1v) is 9.48. The van der Waals surface area contributed by atoms with E-state index in [2.05, 4.69) is 16.7 Å². The Kier molecular flexibility index (Phi) is 5.67. The van der Waals surface area contributed by atoms with Gasteiger partial charge in [-0.05, 0) is 73.9 Å². The summed E-state index contributed by atoms with van der Waals surface area (Å²) in [4.78, 5) is 0. The number of nitrogens with zero attached hydrogens (tertiary/aromatic N) is 2. The molecule has 5 heteroatoms. The molecule has 3 rings (SSSR count). The molecule has 136 valence electrons. The Bertz CT molecular complexity index is 1100. The van der Waals surface area contributed by atoms with Crippen molar-refractivity contribution < 1.29 is 0 Å². The molecule has 0 bridgehead atoms. The first-order chi connectivity index (χ1) is 12.8. The van der Waals surface area contributed by atoms with E-state index in [1.54, 1.807) is 18.2 Å². The van der Waals surface area contributed by atoms with Crippen molar-refractivity contribution in [3.8, 4) is 11.8 Å². The lowest BCUT2D eigenvalue weighted by atomic mass is 10.0. The third-order valence-corrected chi connectivity index (χ3v) is 5.68. The number of hydrogen-bond acceptors (Lipinski definition) is 1. The fourth-order valence-corrected chi connectivity index (χ4v) is 3.52.